The Morgan fingerprint density at radius 2 is 1.77 bits per heavy atom. The molecule has 4 aliphatic carbocycles. The summed E-state index contributed by atoms with van der Waals surface area (Å²) in [7, 11) is 0. The highest BCUT2D eigenvalue weighted by Crippen LogP contribution is 2.67. The summed E-state index contributed by atoms with van der Waals surface area (Å²) in [6.07, 6.45) is 17.5. The largest absolute Gasteiger partial charge is 0.286 e. The molecule has 200 valence electrons. The molecule has 0 amide bonds. The van der Waals surface area contributed by atoms with Gasteiger partial charge in [0.25, 0.3) is 0 Å². The third kappa shape index (κ3) is 5.46. The van der Waals surface area contributed by atoms with E-state index < -0.39 is 0 Å². The Morgan fingerprint density at radius 1 is 1.03 bits per heavy atom. The van der Waals surface area contributed by atoms with Crippen molar-refractivity contribution in [3.05, 3.63) is 11.6 Å². The summed E-state index contributed by atoms with van der Waals surface area (Å²) in [5.41, 5.74) is 2.61. The quantitative estimate of drug-likeness (QED) is 0.234. The van der Waals surface area contributed by atoms with Crippen molar-refractivity contribution in [2.45, 2.75) is 130 Å². The molecule has 0 unspecified atom stereocenters. The summed E-state index contributed by atoms with van der Waals surface area (Å²) in [4.78, 5) is 12.7. The van der Waals surface area contributed by atoms with E-state index in [9.17, 15) is 4.79 Å². The van der Waals surface area contributed by atoms with Crippen LogP contribution >= 0.6 is 23.4 Å². The van der Waals surface area contributed by atoms with E-state index in [1.807, 2.05) is 0 Å². The number of allylic oxidation sites excluding steroid dienone is 2. The lowest BCUT2D eigenvalue weighted by molar-refractivity contribution is -0.111. The van der Waals surface area contributed by atoms with Crippen LogP contribution in [0.4, 0.5) is 0 Å². The number of carbonyl (C=O) groups excluding carboxylic acids is 1. The Balaban J connectivity index is 1.43. The van der Waals surface area contributed by atoms with Gasteiger partial charge in [-0.3, -0.25) is 4.79 Å². The lowest BCUT2D eigenvalue weighted by Crippen LogP contribution is -2.50. The number of halogens is 1. The van der Waals surface area contributed by atoms with Crippen LogP contribution in [0.5, 0.6) is 0 Å². The Labute approximate surface area is 226 Å². The molecule has 3 fully saturated rings. The van der Waals surface area contributed by atoms with Gasteiger partial charge in [-0.2, -0.15) is 0 Å². The van der Waals surface area contributed by atoms with Crippen molar-refractivity contribution in [2.75, 3.05) is 0 Å². The third-order valence-electron chi connectivity index (χ3n) is 11.4. The number of alkyl halides is 1. The van der Waals surface area contributed by atoms with Gasteiger partial charge < -0.3 is 0 Å². The van der Waals surface area contributed by atoms with Crippen LogP contribution in [0.25, 0.3) is 0 Å². The zero-order chi connectivity index (χ0) is 25.5. The summed E-state index contributed by atoms with van der Waals surface area (Å²) in [5.74, 6) is 5.53. The molecule has 0 radical (unpaired) electrons. The Hall–Kier alpha value is 0.0500. The molecule has 4 aliphatic rings. The van der Waals surface area contributed by atoms with Crippen LogP contribution in [0.3, 0.4) is 0 Å². The molecule has 4 rings (SSSR count). The Morgan fingerprint density at radius 3 is 2.46 bits per heavy atom. The normalized spacial score (nSPS) is 40.6. The molecule has 9 atom stereocenters. The van der Waals surface area contributed by atoms with Gasteiger partial charge in [0.15, 0.2) is 0 Å². The van der Waals surface area contributed by atoms with Gasteiger partial charge in [0, 0.05) is 5.25 Å². The van der Waals surface area contributed by atoms with Crippen LogP contribution in [-0.4, -0.2) is 15.7 Å². The van der Waals surface area contributed by atoms with E-state index in [2.05, 4.69) is 54.5 Å². The van der Waals surface area contributed by atoms with Crippen molar-refractivity contribution in [3.8, 4) is 0 Å². The first-order chi connectivity index (χ1) is 16.5. The predicted molar refractivity (Wildman–Crippen MR) is 154 cm³/mol. The van der Waals surface area contributed by atoms with E-state index in [0.717, 1.165) is 41.9 Å². The van der Waals surface area contributed by atoms with Gasteiger partial charge in [-0.1, -0.05) is 91.1 Å². The summed E-state index contributed by atoms with van der Waals surface area (Å²) in [5, 5.41) is 0.268. The molecule has 3 heteroatoms. The molecular weight excluding hydrogens is 468 g/mol. The SMILES string of the molecule is CC(C)CCC[C@@H](C)[C@H]1CC[C@H]2[C@@H]3CC=C4C[C@H](SC(=O)[C@@H](Cl)C(C)C)CC[C@]4(C)[C@H]3CC[C@]12C. The topological polar surface area (TPSA) is 17.1 Å². The standard InChI is InChI=1S/C32H53ClOS/c1-20(2)9-8-10-22(5)26-13-14-27-25-12-11-23-19-24(35-30(34)29(33)21(3)4)15-17-31(23,6)28(25)16-18-32(26,27)7/h11,20-22,24-29H,8-10,12-19H2,1-7H3/t22-,24-,25+,26-,27+,28+,29+,31+,32-/m1/s1. The zero-order valence-corrected chi connectivity index (χ0v) is 25.3. The number of carbonyl (C=O) groups is 1. The van der Waals surface area contributed by atoms with E-state index in [1.54, 1.807) is 17.3 Å². The lowest BCUT2D eigenvalue weighted by Gasteiger charge is -2.58. The van der Waals surface area contributed by atoms with Crippen molar-refractivity contribution in [2.24, 2.45) is 52.3 Å². The molecule has 0 aromatic heterocycles. The highest BCUT2D eigenvalue weighted by atomic mass is 35.5. The van der Waals surface area contributed by atoms with Gasteiger partial charge in [0.1, 0.15) is 5.38 Å². The molecule has 0 saturated heterocycles. The average molecular weight is 521 g/mol. The first kappa shape index (κ1) is 28.1. The minimum atomic E-state index is -0.350. The number of fused-ring (bicyclic) bond motifs is 5. The second kappa shape index (κ2) is 11.0. The van der Waals surface area contributed by atoms with E-state index in [1.165, 1.54) is 64.2 Å². The second-order valence-corrected chi connectivity index (χ2v) is 16.0. The maximum atomic E-state index is 12.7. The minimum Gasteiger partial charge on any atom is -0.286 e. The molecule has 0 spiro atoms. The summed E-state index contributed by atoms with van der Waals surface area (Å²) >= 11 is 7.95. The molecule has 0 heterocycles. The highest BCUT2D eigenvalue weighted by molar-refractivity contribution is 8.14. The van der Waals surface area contributed by atoms with Gasteiger partial charge in [0.2, 0.25) is 5.12 Å². The maximum Gasteiger partial charge on any atom is 0.207 e. The van der Waals surface area contributed by atoms with Crippen molar-refractivity contribution in [3.63, 3.8) is 0 Å². The van der Waals surface area contributed by atoms with E-state index in [0.29, 0.717) is 16.1 Å². The monoisotopic (exact) mass is 520 g/mol. The van der Waals surface area contributed by atoms with Crippen molar-refractivity contribution in [1.29, 1.82) is 0 Å². The molecule has 0 aromatic rings. The van der Waals surface area contributed by atoms with E-state index in [4.69, 9.17) is 11.6 Å². The van der Waals surface area contributed by atoms with E-state index >= 15 is 0 Å². The molecule has 0 N–H and O–H groups in total. The maximum absolute atomic E-state index is 12.7. The fourth-order valence-corrected chi connectivity index (χ4v) is 10.6. The fourth-order valence-electron chi connectivity index (χ4n) is 9.25. The predicted octanol–water partition coefficient (Wildman–Crippen LogP) is 9.92. The van der Waals surface area contributed by atoms with Gasteiger partial charge in [-0.25, -0.2) is 0 Å². The molecule has 0 aliphatic heterocycles. The minimum absolute atomic E-state index is 0.192. The first-order valence-corrected chi connectivity index (χ1v) is 16.3. The Kier molecular flexibility index (Phi) is 8.85. The van der Waals surface area contributed by atoms with Crippen LogP contribution in [0.15, 0.2) is 11.6 Å². The van der Waals surface area contributed by atoms with Crippen molar-refractivity contribution >= 4 is 28.5 Å². The molecule has 1 nitrogen and oxygen atoms in total. The summed E-state index contributed by atoms with van der Waals surface area (Å²) in [6.45, 7) is 16.7. The summed E-state index contributed by atoms with van der Waals surface area (Å²) < 4.78 is 0. The Bertz CT molecular complexity index is 788. The van der Waals surface area contributed by atoms with Crippen LogP contribution in [0.2, 0.25) is 0 Å². The third-order valence-corrected chi connectivity index (χ3v) is 13.4. The molecule has 0 aromatic carbocycles. The fraction of sp³-hybridized carbons (Fsp3) is 0.906. The highest BCUT2D eigenvalue weighted by Gasteiger charge is 2.59. The van der Waals surface area contributed by atoms with Crippen molar-refractivity contribution in [1.82, 2.24) is 0 Å². The van der Waals surface area contributed by atoms with Gasteiger partial charge in [-0.15, -0.1) is 11.6 Å². The number of hydrogen-bond acceptors (Lipinski definition) is 2. The molecular formula is C32H53ClOS. The van der Waals surface area contributed by atoms with Crippen LogP contribution < -0.4 is 0 Å². The van der Waals surface area contributed by atoms with Gasteiger partial charge in [0.05, 0.1) is 0 Å². The first-order valence-electron chi connectivity index (χ1n) is 15.0. The molecule has 35 heavy (non-hydrogen) atoms. The van der Waals surface area contributed by atoms with Gasteiger partial charge in [-0.05, 0) is 104 Å². The van der Waals surface area contributed by atoms with Gasteiger partial charge >= 0.3 is 0 Å². The zero-order valence-electron chi connectivity index (χ0n) is 23.7. The summed E-state index contributed by atoms with van der Waals surface area (Å²) in [6, 6.07) is 0. The average Bonchev–Trinajstić information content (AvgIpc) is 3.15. The lowest BCUT2D eigenvalue weighted by atomic mass is 9.47. The van der Waals surface area contributed by atoms with Crippen LogP contribution in [0.1, 0.15) is 119 Å². The van der Waals surface area contributed by atoms with Crippen LogP contribution in [-0.2, 0) is 4.79 Å². The molecule has 3 saturated carbocycles. The van der Waals surface area contributed by atoms with E-state index in [-0.39, 0.29) is 16.4 Å². The second-order valence-electron chi connectivity index (χ2n) is 14.2. The number of rotatable bonds is 8. The number of thioether (sulfide) groups is 1. The number of hydrogen-bond donors (Lipinski definition) is 0. The smallest absolute Gasteiger partial charge is 0.207 e. The molecule has 0 bridgehead atoms. The van der Waals surface area contributed by atoms with Crippen molar-refractivity contribution < 1.29 is 4.79 Å². The van der Waals surface area contributed by atoms with Crippen LogP contribution in [0, 0.1) is 52.3 Å².